The molecule has 1 aliphatic rings. The number of carboxylic acids is 2. The van der Waals surface area contributed by atoms with Crippen LogP contribution in [0.4, 0.5) is 0 Å². The van der Waals surface area contributed by atoms with Crippen LogP contribution in [-0.4, -0.2) is 167 Å². The molecule has 488 valence electrons. The topological polar surface area (TPSA) is 341 Å². The van der Waals surface area contributed by atoms with Crippen molar-refractivity contribution < 1.29 is 72.3 Å². The number of amides is 6. The van der Waals surface area contributed by atoms with Gasteiger partial charge in [0.2, 0.25) is 35.4 Å². The first kappa shape index (κ1) is 76.5. The standard InChI is InChI=1S/C63H106N8O15/c1-48-24-26-49(27-25-48)43-54(61(64)79)69-45-55(72)52(65-2)21-19-20-34-66-58(75)46-85-41-40-84-38-36-68-59(76)47-86-42-39-83-37-35-67-57(74)33-32-53(63(81)82)71-62(80)51-30-28-50(29-31-51)44-70-56(73)22-17-15-13-11-9-7-5-3-4-6-8-10-12-14-16-18-23-60(77)78/h2,24-27,50-54,65,69H,3-23,28-47H2,1H3,(H2,64,79)(H,66,75)(H,67,74)(H,68,76)(H,70,73)(H,71,80)(H,77,78)(H,81,82)/t50?,51?,52-,53?,54-/m0/s1. The van der Waals surface area contributed by atoms with Crippen molar-refractivity contribution in [3.8, 4) is 0 Å². The van der Waals surface area contributed by atoms with E-state index in [1.165, 1.54) is 64.2 Å². The normalized spacial score (nSPS) is 15.0. The average molecular weight is 1220 g/mol. The number of primary amides is 1. The van der Waals surface area contributed by atoms with Crippen LogP contribution in [0.5, 0.6) is 0 Å². The Hall–Kier alpha value is -5.59. The first-order valence-electron chi connectivity index (χ1n) is 31.8. The summed E-state index contributed by atoms with van der Waals surface area (Å²) in [5.41, 5.74) is 7.57. The number of ketones is 1. The molecule has 6 amide bonds. The number of nitrogens with one attached hydrogen (secondary N) is 7. The Bertz CT molecular complexity index is 2060. The van der Waals surface area contributed by atoms with E-state index in [-0.39, 0.29) is 139 Å². The van der Waals surface area contributed by atoms with Gasteiger partial charge in [0.25, 0.3) is 0 Å². The number of ether oxygens (including phenoxy) is 4. The van der Waals surface area contributed by atoms with E-state index in [9.17, 15) is 48.3 Å². The summed E-state index contributed by atoms with van der Waals surface area (Å²) in [6, 6.07) is 5.17. The fourth-order valence-electron chi connectivity index (χ4n) is 9.94. The Kier molecular flexibility index (Phi) is 44.8. The highest BCUT2D eigenvalue weighted by Gasteiger charge is 2.30. The number of carboxylic acid groups (broad SMARTS) is 2. The molecule has 1 saturated carbocycles. The van der Waals surface area contributed by atoms with E-state index < -0.39 is 36.0 Å². The lowest BCUT2D eigenvalue weighted by Crippen LogP contribution is -2.48. The number of nitrogens with two attached hydrogens (primary N) is 1. The fraction of sp³-hybridized carbons (Fsp3) is 0.746. The van der Waals surface area contributed by atoms with Gasteiger partial charge in [0, 0.05) is 58.4 Å². The highest BCUT2D eigenvalue weighted by Crippen LogP contribution is 2.29. The van der Waals surface area contributed by atoms with Crippen LogP contribution in [0.3, 0.4) is 0 Å². The largest absolute Gasteiger partial charge is 0.481 e. The predicted molar refractivity (Wildman–Crippen MR) is 326 cm³/mol. The maximum absolute atomic E-state index is 13.0. The first-order valence-corrected chi connectivity index (χ1v) is 31.8. The molecule has 0 aromatic heterocycles. The van der Waals surface area contributed by atoms with E-state index in [4.69, 9.17) is 36.8 Å². The Morgan fingerprint density at radius 1 is 0.535 bits per heavy atom. The fourth-order valence-corrected chi connectivity index (χ4v) is 9.94. The summed E-state index contributed by atoms with van der Waals surface area (Å²) >= 11 is 0. The van der Waals surface area contributed by atoms with Gasteiger partial charge in [0.15, 0.2) is 5.78 Å². The SMILES string of the molecule is [CH]N[C@@H](CCCCNC(=O)COCCOCCNC(=O)COCCOCCNC(=O)CCC(NC(=O)C1CCC(CNC(=O)CCCCCCCCCCCCCCCCCCC(=O)O)CC1)C(=O)O)C(=O)CN[C@@H](Cc1ccc(C)cc1)C(N)=O. The number of Topliss-reactive ketones (excluding diaryl/α,β-unsaturated/α-hetero) is 1. The van der Waals surface area contributed by atoms with Crippen molar-refractivity contribution in [2.24, 2.45) is 17.6 Å². The molecule has 0 saturated heterocycles. The van der Waals surface area contributed by atoms with E-state index in [1.807, 2.05) is 31.2 Å². The van der Waals surface area contributed by atoms with Crippen molar-refractivity contribution in [2.75, 3.05) is 85.6 Å². The van der Waals surface area contributed by atoms with Gasteiger partial charge in [0.1, 0.15) is 19.3 Å². The van der Waals surface area contributed by atoms with Crippen molar-refractivity contribution in [2.45, 2.75) is 205 Å². The number of rotatable bonds is 56. The lowest BCUT2D eigenvalue weighted by Gasteiger charge is -2.28. The van der Waals surface area contributed by atoms with Crippen LogP contribution in [0.1, 0.15) is 184 Å². The summed E-state index contributed by atoms with van der Waals surface area (Å²) in [7, 11) is 5.62. The Labute approximate surface area is 511 Å². The van der Waals surface area contributed by atoms with Gasteiger partial charge in [-0.25, -0.2) is 4.79 Å². The van der Waals surface area contributed by atoms with Gasteiger partial charge in [0.05, 0.1) is 58.3 Å². The maximum atomic E-state index is 13.0. The van der Waals surface area contributed by atoms with Crippen LogP contribution >= 0.6 is 0 Å². The summed E-state index contributed by atoms with van der Waals surface area (Å²) < 4.78 is 21.6. The smallest absolute Gasteiger partial charge is 0.326 e. The van der Waals surface area contributed by atoms with Gasteiger partial charge in [-0.15, -0.1) is 0 Å². The van der Waals surface area contributed by atoms with Crippen LogP contribution in [0, 0.1) is 25.8 Å². The zero-order valence-electron chi connectivity index (χ0n) is 51.5. The summed E-state index contributed by atoms with van der Waals surface area (Å²) in [6.45, 7) is 3.99. The second-order valence-electron chi connectivity index (χ2n) is 22.6. The minimum atomic E-state index is -1.21. The molecule has 3 atom stereocenters. The van der Waals surface area contributed by atoms with E-state index in [1.54, 1.807) is 0 Å². The van der Waals surface area contributed by atoms with Gasteiger partial charge in [-0.2, -0.15) is 0 Å². The molecule has 0 bridgehead atoms. The molecule has 23 nitrogen and oxygen atoms in total. The molecule has 86 heavy (non-hydrogen) atoms. The highest BCUT2D eigenvalue weighted by atomic mass is 16.5. The number of hydrogen-bond acceptors (Lipinski definition) is 15. The molecule has 11 N–H and O–H groups in total. The molecular weight excluding hydrogens is 1110 g/mol. The van der Waals surface area contributed by atoms with E-state index in [0.29, 0.717) is 58.0 Å². The zero-order chi connectivity index (χ0) is 62.8. The Balaban J connectivity index is 1.37. The van der Waals surface area contributed by atoms with Crippen molar-refractivity contribution in [1.29, 1.82) is 0 Å². The molecule has 2 rings (SSSR count). The number of unbranched alkanes of at least 4 members (excludes halogenated alkanes) is 16. The molecular formula is C63H106N8O15. The predicted octanol–water partition coefficient (Wildman–Crippen LogP) is 5.14. The number of carbonyl (C=O) groups is 9. The Morgan fingerprint density at radius 3 is 1.53 bits per heavy atom. The number of carbonyl (C=O) groups excluding carboxylic acids is 7. The van der Waals surface area contributed by atoms with Gasteiger partial charge >= 0.3 is 11.9 Å². The lowest BCUT2D eigenvalue weighted by atomic mass is 9.81. The third-order valence-corrected chi connectivity index (χ3v) is 15.2. The number of aliphatic carboxylic acids is 2. The van der Waals surface area contributed by atoms with Gasteiger partial charge < -0.3 is 66.8 Å². The van der Waals surface area contributed by atoms with Crippen molar-refractivity contribution in [1.82, 2.24) is 37.2 Å². The van der Waals surface area contributed by atoms with Gasteiger partial charge in [-0.05, 0) is 89.0 Å². The van der Waals surface area contributed by atoms with Crippen molar-refractivity contribution >= 4 is 53.2 Å². The quantitative estimate of drug-likeness (QED) is 0.0298. The number of hydrogen-bond donors (Lipinski definition) is 10. The monoisotopic (exact) mass is 1210 g/mol. The number of benzene rings is 1. The molecule has 1 aromatic carbocycles. The van der Waals surface area contributed by atoms with Gasteiger partial charge in [-0.3, -0.25) is 43.7 Å². The summed E-state index contributed by atoms with van der Waals surface area (Å²) in [4.78, 5) is 109. The van der Waals surface area contributed by atoms with Crippen molar-refractivity contribution in [3.63, 3.8) is 0 Å². The zero-order valence-corrected chi connectivity index (χ0v) is 51.5. The lowest BCUT2D eigenvalue weighted by molar-refractivity contribution is -0.143. The molecule has 1 unspecified atom stereocenters. The van der Waals surface area contributed by atoms with Crippen LogP contribution < -0.4 is 43.0 Å². The van der Waals surface area contributed by atoms with Crippen molar-refractivity contribution in [3.05, 3.63) is 42.4 Å². The van der Waals surface area contributed by atoms with Crippen LogP contribution in [0.2, 0.25) is 0 Å². The summed E-state index contributed by atoms with van der Waals surface area (Å²) in [6.07, 6.45) is 24.0. The molecule has 0 heterocycles. The Morgan fingerprint density at radius 2 is 1.02 bits per heavy atom. The highest BCUT2D eigenvalue weighted by molar-refractivity contribution is 5.87. The molecule has 1 aromatic rings. The van der Waals surface area contributed by atoms with Gasteiger partial charge in [-0.1, -0.05) is 120 Å². The molecule has 0 aliphatic heterocycles. The second-order valence-corrected chi connectivity index (χ2v) is 22.6. The minimum Gasteiger partial charge on any atom is -0.481 e. The molecule has 0 spiro atoms. The summed E-state index contributed by atoms with van der Waals surface area (Å²) in [5, 5.41) is 37.7. The van der Waals surface area contributed by atoms with E-state index >= 15 is 0 Å². The van der Waals surface area contributed by atoms with Crippen LogP contribution in [0.15, 0.2) is 24.3 Å². The second kappa shape index (κ2) is 50.4. The molecule has 1 fully saturated rings. The molecule has 2 radical (unpaired) electrons. The third kappa shape index (κ3) is 41.5. The minimum absolute atomic E-state index is 0.0624. The maximum Gasteiger partial charge on any atom is 0.326 e. The van der Waals surface area contributed by atoms with Crippen LogP contribution in [-0.2, 0) is 68.5 Å². The van der Waals surface area contributed by atoms with E-state index in [2.05, 4.69) is 37.2 Å². The van der Waals surface area contributed by atoms with E-state index in [0.717, 1.165) is 62.5 Å². The average Bonchev–Trinajstić information content (AvgIpc) is 3.70. The summed E-state index contributed by atoms with van der Waals surface area (Å²) in [5.74, 6) is -4.02. The number of aryl methyl sites for hydroxylation is 1. The van der Waals surface area contributed by atoms with Crippen LogP contribution in [0.25, 0.3) is 0 Å². The molecule has 23 heteroatoms. The third-order valence-electron chi connectivity index (χ3n) is 15.2. The first-order chi connectivity index (χ1) is 41.6. The molecule has 1 aliphatic carbocycles.